The number of halogens is 1. The first-order valence-corrected chi connectivity index (χ1v) is 6.58. The highest BCUT2D eigenvalue weighted by molar-refractivity contribution is 5.45. The molecule has 1 aromatic carbocycles. The smallest absolute Gasteiger partial charge is 0.146 e. The van der Waals surface area contributed by atoms with Crippen molar-refractivity contribution in [2.24, 2.45) is 0 Å². The molecule has 1 N–H and O–H groups in total. The summed E-state index contributed by atoms with van der Waals surface area (Å²) >= 11 is 0. The molecule has 92 valence electrons. The second kappa shape index (κ2) is 4.65. The van der Waals surface area contributed by atoms with Gasteiger partial charge in [-0.25, -0.2) is 4.39 Å². The lowest BCUT2D eigenvalue weighted by Crippen LogP contribution is -2.42. The number of piperidine rings is 1. The molecule has 3 rings (SSSR count). The largest absolute Gasteiger partial charge is 0.380 e. The van der Waals surface area contributed by atoms with E-state index < -0.39 is 0 Å². The fraction of sp³-hybridized carbons (Fsp3) is 0.571. The van der Waals surface area contributed by atoms with Crippen LogP contribution in [0.1, 0.15) is 25.7 Å². The Bertz CT molecular complexity index is 394. The molecule has 2 atom stereocenters. The molecular weight excluding hydrogens is 215 g/mol. The summed E-state index contributed by atoms with van der Waals surface area (Å²) in [7, 11) is 0. The van der Waals surface area contributed by atoms with Gasteiger partial charge in [0.25, 0.3) is 0 Å². The molecule has 1 aromatic rings. The van der Waals surface area contributed by atoms with Crippen LogP contribution in [0.4, 0.5) is 10.1 Å². The summed E-state index contributed by atoms with van der Waals surface area (Å²) in [6, 6.07) is 8.14. The lowest BCUT2D eigenvalue weighted by Gasteiger charge is -2.35. The van der Waals surface area contributed by atoms with Crippen molar-refractivity contribution in [3.63, 3.8) is 0 Å². The number of anilines is 1. The normalized spacial score (nSPS) is 29.0. The standard InChI is InChI=1S/C14H19FN2/c15-13-5-1-2-6-14(13)16-11-7-9-17-8-3-4-12(17)10-11/h1-2,5-6,11-12,16H,3-4,7-10H2. The van der Waals surface area contributed by atoms with Gasteiger partial charge in [0.1, 0.15) is 5.82 Å². The third kappa shape index (κ3) is 2.29. The van der Waals surface area contributed by atoms with Gasteiger partial charge in [-0.2, -0.15) is 0 Å². The van der Waals surface area contributed by atoms with Crippen LogP contribution in [0.2, 0.25) is 0 Å². The molecule has 2 aliphatic heterocycles. The first-order chi connectivity index (χ1) is 8.33. The number of hydrogen-bond acceptors (Lipinski definition) is 2. The lowest BCUT2D eigenvalue weighted by molar-refractivity contribution is 0.188. The monoisotopic (exact) mass is 234 g/mol. The SMILES string of the molecule is Fc1ccccc1NC1CCN2CCCC2C1. The fourth-order valence-electron chi connectivity index (χ4n) is 3.15. The zero-order valence-electron chi connectivity index (χ0n) is 10.0. The zero-order chi connectivity index (χ0) is 11.7. The van der Waals surface area contributed by atoms with Crippen LogP contribution in [0.25, 0.3) is 0 Å². The Hall–Kier alpha value is -1.09. The average Bonchev–Trinajstić information content (AvgIpc) is 2.79. The topological polar surface area (TPSA) is 15.3 Å². The lowest BCUT2D eigenvalue weighted by atomic mass is 9.97. The van der Waals surface area contributed by atoms with E-state index in [1.165, 1.54) is 25.5 Å². The van der Waals surface area contributed by atoms with Gasteiger partial charge >= 0.3 is 0 Å². The Labute approximate surface area is 102 Å². The van der Waals surface area contributed by atoms with Gasteiger partial charge < -0.3 is 10.2 Å². The molecule has 0 radical (unpaired) electrons. The molecule has 0 spiro atoms. The fourth-order valence-corrected chi connectivity index (χ4v) is 3.15. The van der Waals surface area contributed by atoms with Gasteiger partial charge in [-0.05, 0) is 44.4 Å². The van der Waals surface area contributed by atoms with E-state index >= 15 is 0 Å². The maximum Gasteiger partial charge on any atom is 0.146 e. The van der Waals surface area contributed by atoms with Crippen molar-refractivity contribution in [2.75, 3.05) is 18.4 Å². The maximum absolute atomic E-state index is 13.5. The van der Waals surface area contributed by atoms with Gasteiger partial charge in [-0.3, -0.25) is 0 Å². The molecule has 17 heavy (non-hydrogen) atoms. The second-order valence-corrected chi connectivity index (χ2v) is 5.18. The van der Waals surface area contributed by atoms with E-state index in [0.29, 0.717) is 11.7 Å². The van der Waals surface area contributed by atoms with Crippen LogP contribution < -0.4 is 5.32 Å². The molecule has 2 unspecified atom stereocenters. The minimum atomic E-state index is -0.138. The van der Waals surface area contributed by atoms with E-state index in [1.54, 1.807) is 6.07 Å². The van der Waals surface area contributed by atoms with Crippen molar-refractivity contribution in [2.45, 2.75) is 37.8 Å². The number of nitrogens with zero attached hydrogens (tertiary/aromatic N) is 1. The van der Waals surface area contributed by atoms with Crippen LogP contribution in [0.15, 0.2) is 24.3 Å². The summed E-state index contributed by atoms with van der Waals surface area (Å²) in [6.45, 7) is 2.42. The van der Waals surface area contributed by atoms with Crippen LogP contribution in [-0.4, -0.2) is 30.1 Å². The van der Waals surface area contributed by atoms with E-state index in [9.17, 15) is 4.39 Å². The molecule has 0 bridgehead atoms. The molecule has 0 aliphatic carbocycles. The van der Waals surface area contributed by atoms with Gasteiger partial charge in [0.15, 0.2) is 0 Å². The van der Waals surface area contributed by atoms with Crippen LogP contribution in [0.5, 0.6) is 0 Å². The van der Waals surface area contributed by atoms with E-state index in [2.05, 4.69) is 10.2 Å². The molecule has 2 heterocycles. The third-order valence-corrected chi connectivity index (χ3v) is 4.05. The molecule has 2 fully saturated rings. The van der Waals surface area contributed by atoms with Crippen molar-refractivity contribution in [1.82, 2.24) is 4.90 Å². The van der Waals surface area contributed by atoms with Crippen LogP contribution >= 0.6 is 0 Å². The molecule has 3 heteroatoms. The Morgan fingerprint density at radius 1 is 1.18 bits per heavy atom. The number of para-hydroxylation sites is 1. The number of benzene rings is 1. The summed E-state index contributed by atoms with van der Waals surface area (Å²) in [5.41, 5.74) is 0.656. The Kier molecular flexibility index (Phi) is 3.02. The van der Waals surface area contributed by atoms with Crippen molar-refractivity contribution in [3.8, 4) is 0 Å². The average molecular weight is 234 g/mol. The first-order valence-electron chi connectivity index (χ1n) is 6.58. The number of nitrogens with one attached hydrogen (secondary N) is 1. The van der Waals surface area contributed by atoms with Crippen LogP contribution in [-0.2, 0) is 0 Å². The predicted molar refractivity (Wildman–Crippen MR) is 67.6 cm³/mol. The van der Waals surface area contributed by atoms with Crippen molar-refractivity contribution in [3.05, 3.63) is 30.1 Å². The summed E-state index contributed by atoms with van der Waals surface area (Å²) in [5.74, 6) is -0.138. The van der Waals surface area contributed by atoms with E-state index in [0.717, 1.165) is 25.4 Å². The Morgan fingerprint density at radius 3 is 2.94 bits per heavy atom. The zero-order valence-corrected chi connectivity index (χ0v) is 10.0. The molecule has 0 aromatic heterocycles. The Balaban J connectivity index is 1.64. The third-order valence-electron chi connectivity index (χ3n) is 4.05. The summed E-state index contributed by atoms with van der Waals surface area (Å²) in [4.78, 5) is 2.58. The second-order valence-electron chi connectivity index (χ2n) is 5.18. The molecular formula is C14H19FN2. The predicted octanol–water partition coefficient (Wildman–Crippen LogP) is 2.86. The number of rotatable bonds is 2. The maximum atomic E-state index is 13.5. The Morgan fingerprint density at radius 2 is 2.06 bits per heavy atom. The minimum absolute atomic E-state index is 0.138. The number of hydrogen-bond donors (Lipinski definition) is 1. The van der Waals surface area contributed by atoms with Crippen molar-refractivity contribution < 1.29 is 4.39 Å². The molecule has 2 nitrogen and oxygen atoms in total. The van der Waals surface area contributed by atoms with Crippen molar-refractivity contribution in [1.29, 1.82) is 0 Å². The van der Waals surface area contributed by atoms with Gasteiger partial charge in [-0.15, -0.1) is 0 Å². The van der Waals surface area contributed by atoms with Gasteiger partial charge in [0.2, 0.25) is 0 Å². The summed E-state index contributed by atoms with van der Waals surface area (Å²) < 4.78 is 13.5. The van der Waals surface area contributed by atoms with Gasteiger partial charge in [0, 0.05) is 18.6 Å². The van der Waals surface area contributed by atoms with Crippen LogP contribution in [0, 0.1) is 5.82 Å². The van der Waals surface area contributed by atoms with Gasteiger partial charge in [0.05, 0.1) is 5.69 Å². The van der Waals surface area contributed by atoms with E-state index in [1.807, 2.05) is 12.1 Å². The van der Waals surface area contributed by atoms with E-state index in [4.69, 9.17) is 0 Å². The van der Waals surface area contributed by atoms with Gasteiger partial charge in [-0.1, -0.05) is 12.1 Å². The van der Waals surface area contributed by atoms with Crippen LogP contribution in [0.3, 0.4) is 0 Å². The molecule has 0 amide bonds. The summed E-state index contributed by atoms with van der Waals surface area (Å²) in [6.07, 6.45) is 4.94. The summed E-state index contributed by atoms with van der Waals surface area (Å²) in [5, 5.41) is 3.36. The molecule has 2 saturated heterocycles. The number of fused-ring (bicyclic) bond motifs is 1. The quantitative estimate of drug-likeness (QED) is 0.846. The highest BCUT2D eigenvalue weighted by atomic mass is 19.1. The minimum Gasteiger partial charge on any atom is -0.380 e. The first kappa shape index (κ1) is 11.0. The highest BCUT2D eigenvalue weighted by Crippen LogP contribution is 2.28. The highest BCUT2D eigenvalue weighted by Gasteiger charge is 2.31. The molecule has 2 aliphatic rings. The van der Waals surface area contributed by atoms with E-state index in [-0.39, 0.29) is 5.82 Å². The molecule has 0 saturated carbocycles. The van der Waals surface area contributed by atoms with Crippen molar-refractivity contribution >= 4 is 5.69 Å².